The standard InChI is InChI=1S/C36H40F4N6O3Si/c1-23-17-26(33-43-44-34(36(38,39)40)46(33)22-47-15-16-50(3,4)5)20-42-30(23)21-45-13-11-25(12-14-45)27-7-6-8-31-32(27)49-35(2,48-31)28-10-9-24(19-41)18-29(28)37/h6-10,17-18,20,25H,11-16,21-22H2,1-5H3/t35-/m0/s1. The third-order valence-electron chi connectivity index (χ3n) is 9.27. The number of hydrogen-bond acceptors (Lipinski definition) is 8. The van der Waals surface area contributed by atoms with E-state index in [1.54, 1.807) is 25.3 Å². The van der Waals surface area contributed by atoms with Crippen LogP contribution in [0.3, 0.4) is 0 Å². The van der Waals surface area contributed by atoms with Crippen LogP contribution in [0.1, 0.15) is 59.5 Å². The summed E-state index contributed by atoms with van der Waals surface area (Å²) in [4.78, 5) is 6.96. The zero-order chi connectivity index (χ0) is 35.8. The summed E-state index contributed by atoms with van der Waals surface area (Å²) in [5.41, 5.74) is 3.55. The number of rotatable bonds is 10. The molecular formula is C36H40F4N6O3Si. The van der Waals surface area contributed by atoms with Crippen molar-refractivity contribution in [2.45, 2.75) is 83.5 Å². The van der Waals surface area contributed by atoms with Gasteiger partial charge in [-0.1, -0.05) is 31.8 Å². The highest BCUT2D eigenvalue weighted by atomic mass is 28.3. The minimum Gasteiger partial charge on any atom is -0.444 e. The number of hydrogen-bond donors (Lipinski definition) is 0. The Kier molecular flexibility index (Phi) is 9.78. The maximum absolute atomic E-state index is 14.9. The van der Waals surface area contributed by atoms with Crippen LogP contribution in [0.15, 0.2) is 48.7 Å². The number of aryl methyl sites for hydroxylation is 1. The van der Waals surface area contributed by atoms with Crippen molar-refractivity contribution in [2.75, 3.05) is 19.7 Å². The number of aromatic nitrogens is 4. The summed E-state index contributed by atoms with van der Waals surface area (Å²) in [5.74, 6) is -1.63. The zero-order valence-electron chi connectivity index (χ0n) is 28.8. The highest BCUT2D eigenvalue weighted by molar-refractivity contribution is 6.76. The molecule has 1 saturated heterocycles. The average Bonchev–Trinajstić information content (AvgIpc) is 3.65. The molecule has 14 heteroatoms. The quantitative estimate of drug-likeness (QED) is 0.0929. The van der Waals surface area contributed by atoms with E-state index in [0.29, 0.717) is 30.2 Å². The van der Waals surface area contributed by atoms with E-state index >= 15 is 0 Å². The lowest BCUT2D eigenvalue weighted by molar-refractivity contribution is -0.149. The fourth-order valence-corrected chi connectivity index (χ4v) is 7.18. The fraction of sp³-hybridized carbons (Fsp3) is 0.444. The Morgan fingerprint density at radius 1 is 1.08 bits per heavy atom. The molecule has 0 bridgehead atoms. The van der Waals surface area contributed by atoms with Crippen LogP contribution >= 0.6 is 0 Å². The summed E-state index contributed by atoms with van der Waals surface area (Å²) in [5, 5.41) is 16.5. The number of nitrogens with zero attached hydrogens (tertiary/aromatic N) is 6. The first-order valence-corrected chi connectivity index (χ1v) is 20.3. The number of nitriles is 1. The van der Waals surface area contributed by atoms with Gasteiger partial charge in [-0.3, -0.25) is 14.5 Å². The van der Waals surface area contributed by atoms with Crippen molar-refractivity contribution in [3.05, 3.63) is 88.3 Å². The lowest BCUT2D eigenvalue weighted by atomic mass is 9.88. The van der Waals surface area contributed by atoms with Gasteiger partial charge in [0.15, 0.2) is 17.3 Å². The first kappa shape index (κ1) is 35.5. The van der Waals surface area contributed by atoms with Crippen molar-refractivity contribution in [1.29, 1.82) is 5.26 Å². The van der Waals surface area contributed by atoms with Gasteiger partial charge in [0.05, 0.1) is 22.9 Å². The summed E-state index contributed by atoms with van der Waals surface area (Å²) in [7, 11) is -1.42. The predicted octanol–water partition coefficient (Wildman–Crippen LogP) is 8.01. The molecule has 2 aliphatic rings. The number of pyridine rings is 1. The largest absolute Gasteiger partial charge is 0.451 e. The molecule has 0 amide bonds. The van der Waals surface area contributed by atoms with Gasteiger partial charge in [0.25, 0.3) is 5.79 Å². The molecule has 2 aromatic carbocycles. The molecule has 1 fully saturated rings. The molecule has 0 N–H and O–H groups in total. The van der Waals surface area contributed by atoms with Gasteiger partial charge in [0.2, 0.25) is 5.82 Å². The van der Waals surface area contributed by atoms with Gasteiger partial charge in [-0.15, -0.1) is 10.2 Å². The van der Waals surface area contributed by atoms with Crippen molar-refractivity contribution < 1.29 is 31.8 Å². The van der Waals surface area contributed by atoms with Gasteiger partial charge in [-0.2, -0.15) is 18.4 Å². The van der Waals surface area contributed by atoms with Gasteiger partial charge in [0, 0.05) is 45.5 Å². The van der Waals surface area contributed by atoms with Crippen molar-refractivity contribution >= 4 is 8.07 Å². The SMILES string of the molecule is Cc1cc(-c2nnc(C(F)(F)F)n2COCC[Si](C)(C)C)cnc1CN1CCC(c2cccc3c2O[C@@](C)(c2ccc(C#N)cc2F)O3)CC1. The minimum atomic E-state index is -4.68. The van der Waals surface area contributed by atoms with Crippen LogP contribution in [-0.2, 0) is 30.0 Å². The number of piperidine rings is 1. The Morgan fingerprint density at radius 3 is 2.50 bits per heavy atom. The van der Waals surface area contributed by atoms with Crippen LogP contribution < -0.4 is 9.47 Å². The van der Waals surface area contributed by atoms with Gasteiger partial charge >= 0.3 is 6.18 Å². The second-order valence-electron chi connectivity index (χ2n) is 14.3. The molecule has 0 spiro atoms. The number of benzene rings is 2. The highest BCUT2D eigenvalue weighted by Gasteiger charge is 2.43. The normalized spacial score (nSPS) is 18.4. The van der Waals surface area contributed by atoms with Crippen molar-refractivity contribution in [2.24, 2.45) is 0 Å². The van der Waals surface area contributed by atoms with E-state index in [1.165, 1.54) is 12.1 Å². The summed E-state index contributed by atoms with van der Waals surface area (Å²) in [6.07, 6.45) is -1.43. The van der Waals surface area contributed by atoms with Crippen molar-refractivity contribution in [3.63, 3.8) is 0 Å². The molecule has 6 rings (SSSR count). The number of ether oxygens (including phenoxy) is 3. The Hall–Kier alpha value is -4.32. The third-order valence-corrected chi connectivity index (χ3v) is 11.0. The average molecular weight is 709 g/mol. The number of halogens is 4. The highest BCUT2D eigenvalue weighted by Crippen LogP contribution is 2.49. The van der Waals surface area contributed by atoms with E-state index in [1.807, 2.05) is 31.2 Å². The molecule has 2 aromatic heterocycles. The first-order chi connectivity index (χ1) is 23.6. The van der Waals surface area contributed by atoms with Crippen LogP contribution in [0, 0.1) is 24.1 Å². The van der Waals surface area contributed by atoms with Crippen molar-refractivity contribution in [3.8, 4) is 29.0 Å². The lowest BCUT2D eigenvalue weighted by Crippen LogP contribution is -2.34. The molecular weight excluding hydrogens is 669 g/mol. The number of para-hydroxylation sites is 1. The Bertz CT molecular complexity index is 1910. The number of alkyl halides is 3. The molecule has 4 aromatic rings. The second-order valence-corrected chi connectivity index (χ2v) is 19.9. The van der Waals surface area contributed by atoms with E-state index in [-0.39, 0.29) is 29.6 Å². The maximum atomic E-state index is 14.9. The van der Waals surface area contributed by atoms with E-state index in [4.69, 9.17) is 19.5 Å². The maximum Gasteiger partial charge on any atom is 0.451 e. The van der Waals surface area contributed by atoms with Gasteiger partial charge < -0.3 is 14.2 Å². The topological polar surface area (TPSA) is 98.3 Å². The third kappa shape index (κ3) is 7.55. The summed E-state index contributed by atoms with van der Waals surface area (Å²) in [6, 6.07) is 14.6. The summed E-state index contributed by atoms with van der Waals surface area (Å²) >= 11 is 0. The molecule has 0 radical (unpaired) electrons. The number of likely N-dealkylation sites (tertiary alicyclic amines) is 1. The van der Waals surface area contributed by atoms with Crippen LogP contribution in [0.5, 0.6) is 11.5 Å². The van der Waals surface area contributed by atoms with Gasteiger partial charge in [0.1, 0.15) is 12.5 Å². The van der Waals surface area contributed by atoms with Crippen LogP contribution in [0.2, 0.25) is 25.7 Å². The molecule has 0 saturated carbocycles. The van der Waals surface area contributed by atoms with Gasteiger partial charge in [-0.25, -0.2) is 4.39 Å². The Labute approximate surface area is 289 Å². The van der Waals surface area contributed by atoms with E-state index in [0.717, 1.165) is 53.4 Å². The van der Waals surface area contributed by atoms with Crippen molar-refractivity contribution in [1.82, 2.24) is 24.6 Å². The molecule has 264 valence electrons. The molecule has 50 heavy (non-hydrogen) atoms. The molecule has 4 heterocycles. The summed E-state index contributed by atoms with van der Waals surface area (Å²) < 4.78 is 75.4. The zero-order valence-corrected chi connectivity index (χ0v) is 29.8. The smallest absolute Gasteiger partial charge is 0.444 e. The molecule has 9 nitrogen and oxygen atoms in total. The van der Waals surface area contributed by atoms with Crippen LogP contribution in [0.25, 0.3) is 11.4 Å². The van der Waals surface area contributed by atoms with Crippen LogP contribution in [0.4, 0.5) is 17.6 Å². The Balaban J connectivity index is 1.11. The van der Waals surface area contributed by atoms with Gasteiger partial charge in [-0.05, 0) is 80.7 Å². The molecule has 0 aliphatic carbocycles. The summed E-state index contributed by atoms with van der Waals surface area (Å²) in [6.45, 7) is 12.3. The Morgan fingerprint density at radius 2 is 1.84 bits per heavy atom. The van der Waals surface area contributed by atoms with Crippen LogP contribution in [-0.4, -0.2) is 52.4 Å². The molecule has 1 atom stereocenters. The van der Waals surface area contributed by atoms with E-state index in [2.05, 4.69) is 39.7 Å². The fourth-order valence-electron chi connectivity index (χ4n) is 6.42. The first-order valence-electron chi connectivity index (χ1n) is 16.6. The monoisotopic (exact) mass is 708 g/mol. The predicted molar refractivity (Wildman–Crippen MR) is 181 cm³/mol. The minimum absolute atomic E-state index is 0.0629. The molecule has 0 unspecified atom stereocenters. The van der Waals surface area contributed by atoms with E-state index in [9.17, 15) is 17.6 Å². The molecule has 2 aliphatic heterocycles. The van der Waals surface area contributed by atoms with E-state index < -0.39 is 31.7 Å². The number of fused-ring (bicyclic) bond motifs is 1. The second kappa shape index (κ2) is 13.8. The lowest BCUT2D eigenvalue weighted by Gasteiger charge is -2.32.